The molecular formula is C10H15ClN4O2. The standard InChI is InChI=1S/C10H14N4O2.ClH/c1-15-8-4-3-7(9(5-8)16-2)6-13-14-10(11)12;/h3-6H,1-2H3,(H4,11,12,14);1H. The number of guanidine groups is 1. The van der Waals surface area contributed by atoms with Gasteiger partial charge in [-0.15, -0.1) is 17.5 Å². The van der Waals surface area contributed by atoms with Gasteiger partial charge in [-0.3, -0.25) is 0 Å². The summed E-state index contributed by atoms with van der Waals surface area (Å²) in [6.07, 6.45) is 1.50. The van der Waals surface area contributed by atoms with E-state index >= 15 is 0 Å². The molecule has 0 saturated heterocycles. The fourth-order valence-electron chi connectivity index (χ4n) is 1.08. The third-order valence-electron chi connectivity index (χ3n) is 1.81. The van der Waals surface area contributed by atoms with Crippen LogP contribution in [-0.4, -0.2) is 26.4 Å². The minimum atomic E-state index is -0.0938. The highest BCUT2D eigenvalue weighted by Gasteiger charge is 2.02. The Hall–Kier alpha value is -1.95. The molecule has 0 saturated carbocycles. The van der Waals surface area contributed by atoms with Crippen molar-refractivity contribution in [2.75, 3.05) is 14.2 Å². The van der Waals surface area contributed by atoms with Crippen molar-refractivity contribution in [3.05, 3.63) is 23.8 Å². The minimum Gasteiger partial charge on any atom is -0.497 e. The van der Waals surface area contributed by atoms with Crippen LogP contribution in [0, 0.1) is 0 Å². The smallest absolute Gasteiger partial charge is 0.211 e. The SMILES string of the molecule is COc1ccc(C=NN=C(N)N)c(OC)c1.Cl. The molecule has 0 heterocycles. The monoisotopic (exact) mass is 258 g/mol. The van der Waals surface area contributed by atoms with Crippen LogP contribution in [-0.2, 0) is 0 Å². The molecule has 7 heteroatoms. The Morgan fingerprint density at radius 3 is 2.47 bits per heavy atom. The second-order valence-electron chi connectivity index (χ2n) is 2.88. The molecule has 6 nitrogen and oxygen atoms in total. The first-order valence-corrected chi connectivity index (χ1v) is 4.51. The molecular weight excluding hydrogens is 244 g/mol. The zero-order chi connectivity index (χ0) is 12.0. The summed E-state index contributed by atoms with van der Waals surface area (Å²) in [6, 6.07) is 5.33. The highest BCUT2D eigenvalue weighted by Crippen LogP contribution is 2.22. The number of benzene rings is 1. The third-order valence-corrected chi connectivity index (χ3v) is 1.81. The maximum absolute atomic E-state index is 5.16. The van der Waals surface area contributed by atoms with Crippen LogP contribution in [0.15, 0.2) is 28.4 Å². The lowest BCUT2D eigenvalue weighted by atomic mass is 10.2. The number of ether oxygens (including phenoxy) is 2. The predicted molar refractivity (Wildman–Crippen MR) is 70.2 cm³/mol. The predicted octanol–water partition coefficient (Wildman–Crippen LogP) is 0.733. The Bertz CT molecular complexity index is 417. The lowest BCUT2D eigenvalue weighted by Crippen LogP contribution is -2.21. The second kappa shape index (κ2) is 7.34. The van der Waals surface area contributed by atoms with E-state index in [1.165, 1.54) is 6.21 Å². The van der Waals surface area contributed by atoms with Gasteiger partial charge < -0.3 is 20.9 Å². The van der Waals surface area contributed by atoms with Crippen molar-refractivity contribution in [2.24, 2.45) is 21.7 Å². The number of rotatable bonds is 4. The average molecular weight is 259 g/mol. The summed E-state index contributed by atoms with van der Waals surface area (Å²) in [5.74, 6) is 1.24. The van der Waals surface area contributed by atoms with Gasteiger partial charge in [-0.1, -0.05) is 0 Å². The van der Waals surface area contributed by atoms with Crippen LogP contribution >= 0.6 is 12.4 Å². The van der Waals surface area contributed by atoms with Crippen LogP contribution in [0.1, 0.15) is 5.56 Å². The molecule has 17 heavy (non-hydrogen) atoms. The van der Waals surface area contributed by atoms with Gasteiger partial charge in [0, 0.05) is 11.6 Å². The highest BCUT2D eigenvalue weighted by molar-refractivity contribution is 5.85. The molecule has 0 aliphatic carbocycles. The first-order valence-electron chi connectivity index (χ1n) is 4.51. The molecule has 0 atom stereocenters. The Balaban J connectivity index is 0.00000256. The number of nitrogens with two attached hydrogens (primary N) is 2. The van der Waals surface area contributed by atoms with Gasteiger partial charge in [0.1, 0.15) is 11.5 Å². The maximum atomic E-state index is 5.16. The number of methoxy groups -OCH3 is 2. The average Bonchev–Trinajstić information content (AvgIpc) is 2.29. The minimum absolute atomic E-state index is 0. The summed E-state index contributed by atoms with van der Waals surface area (Å²) in [5.41, 5.74) is 11.0. The second-order valence-corrected chi connectivity index (χ2v) is 2.88. The molecule has 0 aromatic heterocycles. The maximum Gasteiger partial charge on any atom is 0.211 e. The molecule has 0 spiro atoms. The lowest BCUT2D eigenvalue weighted by Gasteiger charge is -2.06. The van der Waals surface area contributed by atoms with Gasteiger partial charge in [-0.2, -0.15) is 5.10 Å². The zero-order valence-electron chi connectivity index (χ0n) is 9.58. The van der Waals surface area contributed by atoms with Crippen molar-refractivity contribution in [1.29, 1.82) is 0 Å². The summed E-state index contributed by atoms with van der Waals surface area (Å²) in [6.45, 7) is 0. The van der Waals surface area contributed by atoms with E-state index in [4.69, 9.17) is 20.9 Å². The first-order chi connectivity index (χ1) is 7.67. The van der Waals surface area contributed by atoms with Gasteiger partial charge in [-0.25, -0.2) is 0 Å². The van der Waals surface area contributed by atoms with Crippen LogP contribution in [0.3, 0.4) is 0 Å². The molecule has 0 unspecified atom stereocenters. The summed E-state index contributed by atoms with van der Waals surface area (Å²) in [5, 5.41) is 7.19. The lowest BCUT2D eigenvalue weighted by molar-refractivity contribution is 0.394. The van der Waals surface area contributed by atoms with Crippen molar-refractivity contribution in [3.8, 4) is 11.5 Å². The number of nitrogens with zero attached hydrogens (tertiary/aromatic N) is 2. The van der Waals surface area contributed by atoms with Crippen molar-refractivity contribution in [1.82, 2.24) is 0 Å². The fourth-order valence-corrected chi connectivity index (χ4v) is 1.08. The Labute approximate surface area is 106 Å². The van der Waals surface area contributed by atoms with E-state index in [1.807, 2.05) is 0 Å². The van der Waals surface area contributed by atoms with E-state index in [2.05, 4.69) is 10.2 Å². The summed E-state index contributed by atoms with van der Waals surface area (Å²) in [7, 11) is 3.15. The van der Waals surface area contributed by atoms with Crippen LogP contribution in [0.25, 0.3) is 0 Å². The molecule has 0 aliphatic rings. The summed E-state index contributed by atoms with van der Waals surface area (Å²) in [4.78, 5) is 0. The topological polar surface area (TPSA) is 95.2 Å². The zero-order valence-corrected chi connectivity index (χ0v) is 10.4. The molecule has 0 bridgehead atoms. The van der Waals surface area contributed by atoms with Crippen molar-refractivity contribution < 1.29 is 9.47 Å². The van der Waals surface area contributed by atoms with E-state index in [9.17, 15) is 0 Å². The fraction of sp³-hybridized carbons (Fsp3) is 0.200. The number of halogens is 1. The molecule has 0 amide bonds. The molecule has 0 aliphatic heterocycles. The van der Waals surface area contributed by atoms with Crippen LogP contribution in [0.4, 0.5) is 0 Å². The number of hydrogen-bond acceptors (Lipinski definition) is 4. The number of hydrogen-bond donors (Lipinski definition) is 2. The third kappa shape index (κ3) is 4.60. The van der Waals surface area contributed by atoms with Gasteiger partial charge >= 0.3 is 0 Å². The molecule has 1 aromatic rings. The molecule has 1 aromatic carbocycles. The Morgan fingerprint density at radius 1 is 1.24 bits per heavy atom. The summed E-state index contributed by atoms with van der Waals surface area (Å²) >= 11 is 0. The molecule has 94 valence electrons. The van der Waals surface area contributed by atoms with Gasteiger partial charge in [0.25, 0.3) is 0 Å². The highest BCUT2D eigenvalue weighted by atomic mass is 35.5. The Morgan fingerprint density at radius 2 is 1.94 bits per heavy atom. The van der Waals surface area contributed by atoms with E-state index in [0.717, 1.165) is 5.56 Å². The van der Waals surface area contributed by atoms with Crippen molar-refractivity contribution >= 4 is 24.6 Å². The first kappa shape index (κ1) is 15.0. The van der Waals surface area contributed by atoms with E-state index in [-0.39, 0.29) is 18.4 Å². The van der Waals surface area contributed by atoms with Crippen LogP contribution in [0.2, 0.25) is 0 Å². The van der Waals surface area contributed by atoms with Crippen LogP contribution < -0.4 is 20.9 Å². The van der Waals surface area contributed by atoms with Gasteiger partial charge in [0.2, 0.25) is 5.96 Å². The van der Waals surface area contributed by atoms with E-state index in [1.54, 1.807) is 32.4 Å². The van der Waals surface area contributed by atoms with E-state index < -0.39 is 0 Å². The molecule has 0 radical (unpaired) electrons. The van der Waals surface area contributed by atoms with Crippen LogP contribution in [0.5, 0.6) is 11.5 Å². The molecule has 1 rings (SSSR count). The van der Waals surface area contributed by atoms with Gasteiger partial charge in [-0.05, 0) is 12.1 Å². The summed E-state index contributed by atoms with van der Waals surface area (Å²) < 4.78 is 10.2. The van der Waals surface area contributed by atoms with Crippen molar-refractivity contribution in [2.45, 2.75) is 0 Å². The Kier molecular flexibility index (Phi) is 6.50. The molecule has 4 N–H and O–H groups in total. The quantitative estimate of drug-likeness (QED) is 0.473. The largest absolute Gasteiger partial charge is 0.497 e. The van der Waals surface area contributed by atoms with Gasteiger partial charge in [0.05, 0.1) is 20.4 Å². The van der Waals surface area contributed by atoms with E-state index in [0.29, 0.717) is 11.5 Å². The molecule has 0 fully saturated rings. The van der Waals surface area contributed by atoms with Gasteiger partial charge in [0.15, 0.2) is 0 Å². The normalized spacial score (nSPS) is 9.53. The van der Waals surface area contributed by atoms with Crippen molar-refractivity contribution in [3.63, 3.8) is 0 Å².